The van der Waals surface area contributed by atoms with Crippen LogP contribution in [0.25, 0.3) is 0 Å². The molecule has 0 radical (unpaired) electrons. The number of alkyl carbamates (subject to hydrolysis) is 1. The Hall–Kier alpha value is -3.12. The van der Waals surface area contributed by atoms with E-state index in [-0.39, 0.29) is 24.8 Å². The molecule has 0 aromatic carbocycles. The number of guanidine groups is 1. The van der Waals surface area contributed by atoms with E-state index in [9.17, 15) is 24.5 Å². The molecule has 33 heavy (non-hydrogen) atoms. The smallest absolute Gasteiger partial charge is 0.408 e. The van der Waals surface area contributed by atoms with E-state index in [0.29, 0.717) is 38.3 Å². The van der Waals surface area contributed by atoms with Gasteiger partial charge in [0.25, 0.3) is 5.96 Å². The molecular weight excluding hydrogens is 436 g/mol. The second kappa shape index (κ2) is 13.4. The fourth-order valence-electron chi connectivity index (χ4n) is 3.44. The van der Waals surface area contributed by atoms with Crippen LogP contribution in [0.3, 0.4) is 0 Å². The molecule has 0 aromatic rings. The first-order valence-electron chi connectivity index (χ1n) is 11.0. The summed E-state index contributed by atoms with van der Waals surface area (Å²) in [5, 5.41) is 22.1. The van der Waals surface area contributed by atoms with Crippen LogP contribution < -0.4 is 16.1 Å². The lowest BCUT2D eigenvalue weighted by atomic mass is 9.91. The summed E-state index contributed by atoms with van der Waals surface area (Å²) in [6.45, 7) is 6.41. The number of nitro groups is 1. The van der Waals surface area contributed by atoms with Gasteiger partial charge in [0.1, 0.15) is 11.6 Å². The normalized spacial score (nSPS) is 15.2. The highest BCUT2D eigenvalue weighted by atomic mass is 16.7. The van der Waals surface area contributed by atoms with E-state index in [1.807, 2.05) is 0 Å². The molecule has 0 bridgehead atoms. The predicted molar refractivity (Wildman–Crippen MR) is 119 cm³/mol. The number of methoxy groups -OCH3 is 1. The van der Waals surface area contributed by atoms with E-state index in [0.717, 1.165) is 12.8 Å². The summed E-state index contributed by atoms with van der Waals surface area (Å²) in [5.74, 6) is -0.609. The summed E-state index contributed by atoms with van der Waals surface area (Å²) in [4.78, 5) is 48.8. The van der Waals surface area contributed by atoms with Gasteiger partial charge >= 0.3 is 12.1 Å². The molecule has 1 rings (SSSR count). The predicted octanol–water partition coefficient (Wildman–Crippen LogP) is 1.16. The van der Waals surface area contributed by atoms with E-state index in [2.05, 4.69) is 15.4 Å². The number of rotatable bonds is 10. The summed E-state index contributed by atoms with van der Waals surface area (Å²) in [6, 6.07) is -0.828. The largest absolute Gasteiger partial charge is 0.469 e. The molecule has 1 fully saturated rings. The molecule has 1 aliphatic rings. The highest BCUT2D eigenvalue weighted by molar-refractivity contribution is 5.85. The molecule has 1 aliphatic heterocycles. The zero-order chi connectivity index (χ0) is 25.0. The average Bonchev–Trinajstić information content (AvgIpc) is 2.72. The molecule has 13 nitrogen and oxygen atoms in total. The van der Waals surface area contributed by atoms with Gasteiger partial charge in [-0.2, -0.15) is 0 Å². The number of hydrogen-bond acceptors (Lipinski definition) is 8. The minimum Gasteiger partial charge on any atom is -0.469 e. The number of carbonyl (C=O) groups excluding carboxylic acids is 3. The monoisotopic (exact) mass is 472 g/mol. The zero-order valence-electron chi connectivity index (χ0n) is 19.8. The lowest BCUT2D eigenvalue weighted by Crippen LogP contribution is -2.51. The number of esters is 1. The summed E-state index contributed by atoms with van der Waals surface area (Å²) in [5.41, 5.74) is 0.967. The molecule has 188 valence electrons. The molecule has 13 heteroatoms. The van der Waals surface area contributed by atoms with Gasteiger partial charge in [-0.1, -0.05) is 5.43 Å². The molecule has 0 saturated carbocycles. The van der Waals surface area contributed by atoms with Crippen LogP contribution in [0, 0.1) is 21.4 Å². The van der Waals surface area contributed by atoms with Crippen molar-refractivity contribution in [1.29, 1.82) is 5.41 Å². The Labute approximate surface area is 193 Å². The van der Waals surface area contributed by atoms with E-state index in [1.54, 1.807) is 31.1 Å². The Bertz CT molecular complexity index is 702. The van der Waals surface area contributed by atoms with Crippen molar-refractivity contribution in [3.8, 4) is 0 Å². The first-order chi connectivity index (χ1) is 15.4. The number of carbonyl (C=O) groups is 3. The van der Waals surface area contributed by atoms with Crippen LogP contribution in [0.1, 0.15) is 59.3 Å². The molecule has 0 aromatic heterocycles. The number of likely N-dealkylation sites (tertiary alicyclic amines) is 1. The standard InChI is InChI=1S/C20H36N6O7/c1-20(2,3)33-19(29)23-15(6-5-11-22-18(21)24-26(30)31)17(28)25-12-9-14(10-13-25)7-8-16(27)32-4/h14-15H,5-13H2,1-4H3,(H,23,29)(H3,21,22,24)/t15-/m0/s1. The van der Waals surface area contributed by atoms with Crippen molar-refractivity contribution in [2.75, 3.05) is 26.7 Å². The maximum atomic E-state index is 13.1. The summed E-state index contributed by atoms with van der Waals surface area (Å²) in [6.07, 6.45) is 2.52. The first kappa shape index (κ1) is 27.9. The van der Waals surface area contributed by atoms with E-state index in [1.165, 1.54) is 7.11 Å². The average molecular weight is 473 g/mol. The van der Waals surface area contributed by atoms with Gasteiger partial charge in [-0.05, 0) is 58.8 Å². The second-order valence-corrected chi connectivity index (χ2v) is 8.90. The van der Waals surface area contributed by atoms with Crippen molar-refractivity contribution in [3.63, 3.8) is 0 Å². The number of amides is 2. The minimum absolute atomic E-state index is 0.203. The third kappa shape index (κ3) is 11.9. The molecule has 0 unspecified atom stereocenters. The SMILES string of the molecule is COC(=O)CCC1CCN(C(=O)[C@H](CCCNC(=N)N[N+](=O)[O-])NC(=O)OC(C)(C)C)CC1. The van der Waals surface area contributed by atoms with Gasteiger partial charge in [0.2, 0.25) is 5.91 Å². The lowest BCUT2D eigenvalue weighted by molar-refractivity contribution is -0.525. The fourth-order valence-corrected chi connectivity index (χ4v) is 3.44. The number of hydrogen-bond donors (Lipinski definition) is 4. The van der Waals surface area contributed by atoms with E-state index >= 15 is 0 Å². The summed E-state index contributed by atoms with van der Waals surface area (Å²) < 4.78 is 9.95. The van der Waals surface area contributed by atoms with Gasteiger partial charge in [0.15, 0.2) is 5.03 Å². The summed E-state index contributed by atoms with van der Waals surface area (Å²) >= 11 is 0. The molecular formula is C20H36N6O7. The van der Waals surface area contributed by atoms with Gasteiger partial charge in [-0.25, -0.2) is 14.9 Å². The maximum Gasteiger partial charge on any atom is 0.408 e. The van der Waals surface area contributed by atoms with Crippen LogP contribution in [-0.2, 0) is 19.1 Å². The van der Waals surface area contributed by atoms with Crippen LogP contribution in [0.4, 0.5) is 4.79 Å². The Kier molecular flexibility index (Phi) is 11.4. The van der Waals surface area contributed by atoms with Crippen molar-refractivity contribution < 1.29 is 28.9 Å². The number of piperidine rings is 1. The number of ether oxygens (including phenoxy) is 2. The van der Waals surface area contributed by atoms with Crippen LogP contribution in [0.2, 0.25) is 0 Å². The first-order valence-corrected chi connectivity index (χ1v) is 11.0. The Balaban J connectivity index is 2.63. The third-order valence-electron chi connectivity index (χ3n) is 5.07. The third-order valence-corrected chi connectivity index (χ3v) is 5.07. The van der Waals surface area contributed by atoms with Gasteiger partial charge in [0.05, 0.1) is 7.11 Å². The zero-order valence-corrected chi connectivity index (χ0v) is 19.8. The van der Waals surface area contributed by atoms with E-state index < -0.39 is 28.7 Å². The number of nitrogens with zero attached hydrogens (tertiary/aromatic N) is 2. The fraction of sp³-hybridized carbons (Fsp3) is 0.800. The van der Waals surface area contributed by atoms with Crippen LogP contribution in [0.5, 0.6) is 0 Å². The lowest BCUT2D eigenvalue weighted by Gasteiger charge is -2.34. The quantitative estimate of drug-likeness (QED) is 0.0907. The Morgan fingerprint density at radius 1 is 1.24 bits per heavy atom. The van der Waals surface area contributed by atoms with Crippen molar-refractivity contribution in [3.05, 3.63) is 10.1 Å². The highest BCUT2D eigenvalue weighted by Crippen LogP contribution is 2.23. The van der Waals surface area contributed by atoms with Gasteiger partial charge in [-0.3, -0.25) is 15.0 Å². The summed E-state index contributed by atoms with van der Waals surface area (Å²) in [7, 11) is 1.36. The maximum absolute atomic E-state index is 13.1. The van der Waals surface area contributed by atoms with Crippen LogP contribution in [-0.4, -0.2) is 72.2 Å². The highest BCUT2D eigenvalue weighted by Gasteiger charge is 2.30. The van der Waals surface area contributed by atoms with Gasteiger partial charge in [0, 0.05) is 26.1 Å². The van der Waals surface area contributed by atoms with Crippen molar-refractivity contribution >= 4 is 23.9 Å². The Morgan fingerprint density at radius 3 is 2.42 bits per heavy atom. The molecule has 0 aliphatic carbocycles. The number of nitrogens with one attached hydrogen (secondary N) is 4. The minimum atomic E-state index is -0.847. The van der Waals surface area contributed by atoms with Crippen molar-refractivity contribution in [2.24, 2.45) is 5.92 Å². The number of hydrazine groups is 1. The Morgan fingerprint density at radius 2 is 1.88 bits per heavy atom. The van der Waals surface area contributed by atoms with Gasteiger partial charge < -0.3 is 25.0 Å². The molecule has 2 amide bonds. The van der Waals surface area contributed by atoms with E-state index in [4.69, 9.17) is 10.1 Å². The molecule has 1 saturated heterocycles. The van der Waals surface area contributed by atoms with Crippen LogP contribution >= 0.6 is 0 Å². The van der Waals surface area contributed by atoms with Crippen molar-refractivity contribution in [2.45, 2.75) is 70.9 Å². The topological polar surface area (TPSA) is 176 Å². The molecule has 1 atom stereocenters. The molecule has 0 spiro atoms. The molecule has 4 N–H and O–H groups in total. The van der Waals surface area contributed by atoms with Gasteiger partial charge in [-0.15, -0.1) is 0 Å². The second-order valence-electron chi connectivity index (χ2n) is 8.90. The molecule has 1 heterocycles. The van der Waals surface area contributed by atoms with Crippen LogP contribution in [0.15, 0.2) is 0 Å². The van der Waals surface area contributed by atoms with Crippen molar-refractivity contribution in [1.82, 2.24) is 21.0 Å².